The highest BCUT2D eigenvalue weighted by molar-refractivity contribution is 4.53. The Morgan fingerprint density at radius 1 is 1.50 bits per heavy atom. The van der Waals surface area contributed by atoms with E-state index < -0.39 is 0 Å². The molecule has 0 spiro atoms. The molecule has 2 atom stereocenters. The van der Waals surface area contributed by atoms with E-state index in [-0.39, 0.29) is 0 Å². The van der Waals surface area contributed by atoms with Crippen molar-refractivity contribution in [3.8, 4) is 0 Å². The molecular weight excluding hydrogens is 98.1 g/mol. The van der Waals surface area contributed by atoms with Crippen molar-refractivity contribution in [3.05, 3.63) is 0 Å². The van der Waals surface area contributed by atoms with Crippen molar-refractivity contribution < 1.29 is 4.90 Å². The maximum absolute atomic E-state index is 2.35. The molecule has 1 aliphatic heterocycles. The van der Waals surface area contributed by atoms with Crippen molar-refractivity contribution >= 4 is 0 Å². The summed E-state index contributed by atoms with van der Waals surface area (Å²) in [7, 11) is 2.29. The predicted molar refractivity (Wildman–Crippen MR) is 35.0 cm³/mol. The first-order valence-corrected chi connectivity index (χ1v) is 3.60. The lowest BCUT2D eigenvalue weighted by Crippen LogP contribution is -3.10. The minimum atomic E-state index is 0.976. The Balaban J connectivity index is 2.23. The summed E-state index contributed by atoms with van der Waals surface area (Å²) in [6, 6.07) is 0. The molecule has 1 N–H and O–H groups in total. The van der Waals surface area contributed by atoms with Gasteiger partial charge in [-0.15, -0.1) is 0 Å². The standard InChI is InChI=1S/C7H15N/c1-7-4-3-5-8(2)6-7/h7H,3-6H2,1-2H3/p+1/t7-/m1/s1. The SMILES string of the molecule is C[C@@H]1CCC[NH+](C)C1. The van der Waals surface area contributed by atoms with Gasteiger partial charge in [-0.2, -0.15) is 0 Å². The van der Waals surface area contributed by atoms with Crippen LogP contribution in [0.3, 0.4) is 0 Å². The Labute approximate surface area is 51.7 Å². The number of rotatable bonds is 0. The van der Waals surface area contributed by atoms with E-state index in [9.17, 15) is 0 Å². The zero-order valence-corrected chi connectivity index (χ0v) is 5.91. The predicted octanol–water partition coefficient (Wildman–Crippen LogP) is -0.0690. The fourth-order valence-corrected chi connectivity index (χ4v) is 1.55. The molecule has 0 aromatic rings. The van der Waals surface area contributed by atoms with E-state index in [2.05, 4.69) is 14.0 Å². The van der Waals surface area contributed by atoms with Gasteiger partial charge in [-0.3, -0.25) is 0 Å². The van der Waals surface area contributed by atoms with E-state index in [0.717, 1.165) is 5.92 Å². The Morgan fingerprint density at radius 3 is 2.62 bits per heavy atom. The maximum Gasteiger partial charge on any atom is 0.0794 e. The molecule has 1 unspecified atom stereocenters. The fraction of sp³-hybridized carbons (Fsp3) is 1.00. The second-order valence-corrected chi connectivity index (χ2v) is 3.16. The highest BCUT2D eigenvalue weighted by atomic mass is 15.1. The lowest BCUT2D eigenvalue weighted by Gasteiger charge is -2.23. The number of hydrogen-bond donors (Lipinski definition) is 1. The van der Waals surface area contributed by atoms with Crippen molar-refractivity contribution in [1.82, 2.24) is 0 Å². The molecule has 0 aromatic heterocycles. The third-order valence-electron chi connectivity index (χ3n) is 2.00. The van der Waals surface area contributed by atoms with Crippen LogP contribution in [0, 0.1) is 5.92 Å². The van der Waals surface area contributed by atoms with Gasteiger partial charge in [0.15, 0.2) is 0 Å². The van der Waals surface area contributed by atoms with Crippen molar-refractivity contribution in [2.45, 2.75) is 19.8 Å². The van der Waals surface area contributed by atoms with Crippen LogP contribution in [0.4, 0.5) is 0 Å². The molecule has 1 nitrogen and oxygen atoms in total. The number of piperidine rings is 1. The third kappa shape index (κ3) is 1.48. The highest BCUT2D eigenvalue weighted by Crippen LogP contribution is 2.03. The average molecular weight is 114 g/mol. The molecule has 1 heteroatoms. The molecule has 0 saturated carbocycles. The topological polar surface area (TPSA) is 4.44 Å². The summed E-state index contributed by atoms with van der Waals surface area (Å²) in [5.74, 6) is 0.976. The summed E-state index contributed by atoms with van der Waals surface area (Å²) in [6.07, 6.45) is 2.89. The van der Waals surface area contributed by atoms with Gasteiger partial charge < -0.3 is 4.90 Å². The van der Waals surface area contributed by atoms with Crippen LogP contribution in [-0.4, -0.2) is 20.1 Å². The van der Waals surface area contributed by atoms with E-state index in [0.29, 0.717) is 0 Å². The van der Waals surface area contributed by atoms with E-state index in [1.54, 1.807) is 4.90 Å². The summed E-state index contributed by atoms with van der Waals surface area (Å²) < 4.78 is 0. The lowest BCUT2D eigenvalue weighted by atomic mass is 10.0. The molecule has 48 valence electrons. The second kappa shape index (κ2) is 2.49. The van der Waals surface area contributed by atoms with Crippen LogP contribution in [0.1, 0.15) is 19.8 Å². The van der Waals surface area contributed by atoms with Gasteiger partial charge in [0, 0.05) is 5.92 Å². The molecule has 1 fully saturated rings. The number of hydrogen-bond acceptors (Lipinski definition) is 0. The summed E-state index contributed by atoms with van der Waals surface area (Å²) in [6.45, 7) is 5.13. The third-order valence-corrected chi connectivity index (χ3v) is 2.00. The van der Waals surface area contributed by atoms with Crippen LogP contribution in [0.15, 0.2) is 0 Å². The number of likely N-dealkylation sites (tertiary alicyclic amines) is 1. The first-order chi connectivity index (χ1) is 3.79. The molecule has 0 amide bonds. The summed E-state index contributed by atoms with van der Waals surface area (Å²) in [5.41, 5.74) is 0. The van der Waals surface area contributed by atoms with Gasteiger partial charge in [-0.05, 0) is 12.8 Å². The highest BCUT2D eigenvalue weighted by Gasteiger charge is 2.14. The fourth-order valence-electron chi connectivity index (χ4n) is 1.55. The first kappa shape index (κ1) is 6.09. The van der Waals surface area contributed by atoms with Gasteiger partial charge >= 0.3 is 0 Å². The molecule has 0 aromatic carbocycles. The Bertz CT molecular complexity index is 62.8. The summed E-state index contributed by atoms with van der Waals surface area (Å²) in [5, 5.41) is 0. The zero-order chi connectivity index (χ0) is 5.98. The van der Waals surface area contributed by atoms with Crippen LogP contribution >= 0.6 is 0 Å². The molecule has 1 heterocycles. The molecule has 0 aliphatic carbocycles. The lowest BCUT2D eigenvalue weighted by molar-refractivity contribution is -0.888. The minimum absolute atomic E-state index is 0.976. The van der Waals surface area contributed by atoms with Crippen molar-refractivity contribution in [1.29, 1.82) is 0 Å². The van der Waals surface area contributed by atoms with Crippen LogP contribution in [0.25, 0.3) is 0 Å². The first-order valence-electron chi connectivity index (χ1n) is 3.60. The van der Waals surface area contributed by atoms with Crippen molar-refractivity contribution in [3.63, 3.8) is 0 Å². The number of nitrogens with one attached hydrogen (secondary N) is 1. The van der Waals surface area contributed by atoms with E-state index in [4.69, 9.17) is 0 Å². The molecule has 8 heavy (non-hydrogen) atoms. The maximum atomic E-state index is 2.35. The second-order valence-electron chi connectivity index (χ2n) is 3.16. The molecular formula is C7H16N+. The quantitative estimate of drug-likeness (QED) is 0.449. The van der Waals surface area contributed by atoms with E-state index >= 15 is 0 Å². The normalized spacial score (nSPS) is 39.8. The Morgan fingerprint density at radius 2 is 2.25 bits per heavy atom. The smallest absolute Gasteiger partial charge is 0.0794 e. The van der Waals surface area contributed by atoms with Crippen LogP contribution < -0.4 is 4.90 Å². The van der Waals surface area contributed by atoms with E-state index in [1.807, 2.05) is 0 Å². The van der Waals surface area contributed by atoms with Crippen molar-refractivity contribution in [2.75, 3.05) is 20.1 Å². The van der Waals surface area contributed by atoms with Gasteiger partial charge in [-0.25, -0.2) is 0 Å². The number of quaternary nitrogens is 1. The Hall–Kier alpha value is -0.0400. The average Bonchev–Trinajstić information content (AvgIpc) is 1.64. The molecule has 0 bridgehead atoms. The van der Waals surface area contributed by atoms with Crippen LogP contribution in [-0.2, 0) is 0 Å². The molecule has 1 saturated heterocycles. The summed E-state index contributed by atoms with van der Waals surface area (Å²) >= 11 is 0. The van der Waals surface area contributed by atoms with Gasteiger partial charge in [0.25, 0.3) is 0 Å². The van der Waals surface area contributed by atoms with Gasteiger partial charge in [-0.1, -0.05) is 6.92 Å². The molecule has 1 rings (SSSR count). The zero-order valence-electron chi connectivity index (χ0n) is 5.91. The van der Waals surface area contributed by atoms with Gasteiger partial charge in [0.05, 0.1) is 20.1 Å². The van der Waals surface area contributed by atoms with Crippen molar-refractivity contribution in [2.24, 2.45) is 5.92 Å². The Kier molecular flexibility index (Phi) is 1.90. The monoisotopic (exact) mass is 114 g/mol. The van der Waals surface area contributed by atoms with Gasteiger partial charge in [0.2, 0.25) is 0 Å². The molecule has 0 radical (unpaired) electrons. The van der Waals surface area contributed by atoms with E-state index in [1.165, 1.54) is 25.9 Å². The van der Waals surface area contributed by atoms with Crippen LogP contribution in [0.5, 0.6) is 0 Å². The minimum Gasteiger partial charge on any atom is -0.337 e. The molecule has 1 aliphatic rings. The van der Waals surface area contributed by atoms with Crippen LogP contribution in [0.2, 0.25) is 0 Å². The summed E-state index contributed by atoms with van der Waals surface area (Å²) in [4.78, 5) is 1.71. The van der Waals surface area contributed by atoms with Gasteiger partial charge in [0.1, 0.15) is 0 Å². The largest absolute Gasteiger partial charge is 0.337 e.